The number of aryl methyl sites for hydroxylation is 2. The van der Waals surface area contributed by atoms with E-state index in [9.17, 15) is 9.59 Å². The Kier molecular flexibility index (Phi) is 19.7. The number of nitrogens with zero attached hydrogens (tertiary/aromatic N) is 10. The zero-order valence-electron chi connectivity index (χ0n) is 48.7. The molecule has 6 heterocycles. The molecule has 20 nitrogen and oxygen atoms in total. The number of rotatable bonds is 20. The average Bonchev–Trinajstić information content (AvgIpc) is 2.64. The molecule has 4 atom stereocenters. The maximum Gasteiger partial charge on any atom is 0.313 e. The summed E-state index contributed by atoms with van der Waals surface area (Å²) in [5.41, 5.74) is 11.7. The lowest BCUT2D eigenvalue weighted by molar-refractivity contribution is -0.143. The summed E-state index contributed by atoms with van der Waals surface area (Å²) in [6.45, 7) is 13.2. The number of halogens is 2. The molecule has 0 saturated carbocycles. The van der Waals surface area contributed by atoms with Crippen LogP contribution in [0.5, 0.6) is 23.0 Å². The summed E-state index contributed by atoms with van der Waals surface area (Å²) < 4.78 is 52.9. The van der Waals surface area contributed by atoms with E-state index in [0.29, 0.717) is 83.8 Å². The van der Waals surface area contributed by atoms with Gasteiger partial charge in [0.25, 0.3) is 0 Å². The molecule has 440 valence electrons. The molecule has 10 rings (SSSR count). The number of methoxy groups -OCH3 is 4. The van der Waals surface area contributed by atoms with Crippen LogP contribution >= 0.6 is 23.2 Å². The Morgan fingerprint density at radius 2 is 1.10 bits per heavy atom. The molecule has 22 heteroatoms. The molecule has 0 saturated heterocycles. The van der Waals surface area contributed by atoms with Gasteiger partial charge in [-0.05, 0) is 135 Å². The molecule has 2 aliphatic rings. The minimum atomic E-state index is -0.534. The number of carbonyl (C=O) groups excluding carboxylic acids is 2. The number of benzene rings is 4. The molecule has 0 fully saturated rings. The SMILES string of the molecule is CCOC(=O)Cc1nnn(CCC2OC(c3cccc(OC)c3OC)c3cc(Cl)ccc3-n3cc(C=C(C)C)cc32)n1.CCOC(=O)Cc1nnnn1CCC1OC(c2cccc(OC)c2OC)c2cc(Cl)ccc2-n2cc(C=C(C)C)cc21. The van der Waals surface area contributed by atoms with E-state index in [1.165, 1.54) is 15.9 Å². The van der Waals surface area contributed by atoms with Gasteiger partial charge < -0.3 is 47.0 Å². The fourth-order valence-corrected chi connectivity index (χ4v) is 10.9. The second-order valence-corrected chi connectivity index (χ2v) is 21.2. The van der Waals surface area contributed by atoms with E-state index in [-0.39, 0.29) is 30.9 Å². The van der Waals surface area contributed by atoms with Crippen molar-refractivity contribution in [2.24, 2.45) is 0 Å². The predicted octanol–water partition coefficient (Wildman–Crippen LogP) is 11.8. The van der Waals surface area contributed by atoms with Crippen molar-refractivity contribution in [1.29, 1.82) is 0 Å². The van der Waals surface area contributed by atoms with Crippen molar-refractivity contribution < 1.29 is 47.5 Å². The number of tetrazole rings is 2. The highest BCUT2D eigenvalue weighted by atomic mass is 35.5. The van der Waals surface area contributed by atoms with Crippen molar-refractivity contribution in [2.45, 2.75) is 105 Å². The molecule has 0 bridgehead atoms. The van der Waals surface area contributed by atoms with Crippen LogP contribution in [0.4, 0.5) is 0 Å². The molecular formula is C62H68Cl2N10O10. The van der Waals surface area contributed by atoms with Crippen LogP contribution in [0.25, 0.3) is 23.5 Å². The van der Waals surface area contributed by atoms with Gasteiger partial charge in [-0.2, -0.15) is 4.80 Å². The fourth-order valence-electron chi connectivity index (χ4n) is 10.5. The molecule has 0 spiro atoms. The largest absolute Gasteiger partial charge is 0.493 e. The van der Waals surface area contributed by atoms with Crippen molar-refractivity contribution in [1.82, 2.24) is 49.5 Å². The van der Waals surface area contributed by atoms with Gasteiger partial charge >= 0.3 is 11.9 Å². The Balaban J connectivity index is 0.000000202. The highest BCUT2D eigenvalue weighted by Gasteiger charge is 2.36. The van der Waals surface area contributed by atoms with Crippen molar-refractivity contribution in [3.05, 3.63) is 175 Å². The second-order valence-electron chi connectivity index (χ2n) is 20.3. The molecule has 4 unspecified atom stereocenters. The van der Waals surface area contributed by atoms with Crippen LogP contribution in [-0.4, -0.2) is 103 Å². The normalized spacial score (nSPS) is 15.8. The number of allylic oxidation sites excluding steroid dienone is 2. The number of aromatic nitrogens is 10. The Labute approximate surface area is 497 Å². The van der Waals surface area contributed by atoms with E-state index in [4.69, 9.17) is 61.1 Å². The number of para-hydroxylation sites is 2. The van der Waals surface area contributed by atoms with E-state index >= 15 is 0 Å². The van der Waals surface area contributed by atoms with Gasteiger partial charge in [0.1, 0.15) is 37.3 Å². The molecule has 4 aromatic carbocycles. The second kappa shape index (κ2) is 27.4. The number of hydrogen-bond donors (Lipinski definition) is 0. The van der Waals surface area contributed by atoms with Crippen LogP contribution in [0, 0.1) is 0 Å². The molecule has 0 amide bonds. The monoisotopic (exact) mass is 1180 g/mol. The highest BCUT2D eigenvalue weighted by molar-refractivity contribution is 6.31. The Hall–Kier alpha value is -8.30. The van der Waals surface area contributed by atoms with Crippen molar-refractivity contribution in [3.8, 4) is 34.4 Å². The smallest absolute Gasteiger partial charge is 0.313 e. The standard InChI is InChI=1S/2C31H34ClN5O5/c1-6-41-29(38)17-28-33-34-35-37(28)13-12-26-25-15-20(14-19(2)3)18-36(25)24-11-10-21(32)16-23(24)30(42-26)22-8-7-9-27(39-4)31(22)40-5;1-6-41-29(38)17-28-33-35-37(34-28)13-12-26-25-15-20(14-19(2)3)18-36(25)24-11-10-21(32)16-23(24)30(42-26)22-8-7-9-27(39-4)31(22)40-5/h2*7-11,14-16,18,26,30H,6,12-13,17H2,1-5H3. The average molecular weight is 1180 g/mol. The number of fused-ring (bicyclic) bond motifs is 6. The summed E-state index contributed by atoms with van der Waals surface area (Å²) in [7, 11) is 6.46. The summed E-state index contributed by atoms with van der Waals surface area (Å²) >= 11 is 13.1. The quantitative estimate of drug-likeness (QED) is 0.0651. The van der Waals surface area contributed by atoms with Crippen LogP contribution in [0.1, 0.15) is 135 Å². The molecule has 84 heavy (non-hydrogen) atoms. The van der Waals surface area contributed by atoms with E-state index in [1.807, 2.05) is 72.8 Å². The first-order chi connectivity index (χ1) is 40.6. The van der Waals surface area contributed by atoms with Crippen LogP contribution in [0.2, 0.25) is 10.0 Å². The van der Waals surface area contributed by atoms with Crippen LogP contribution in [-0.2, 0) is 54.5 Å². The summed E-state index contributed by atoms with van der Waals surface area (Å²) in [5, 5.41) is 25.8. The van der Waals surface area contributed by atoms with Gasteiger partial charge in [0.2, 0.25) is 0 Å². The summed E-state index contributed by atoms with van der Waals surface area (Å²) in [4.78, 5) is 25.5. The van der Waals surface area contributed by atoms with Crippen LogP contribution in [0.3, 0.4) is 0 Å². The Morgan fingerprint density at radius 3 is 1.57 bits per heavy atom. The Bertz CT molecular complexity index is 3690. The van der Waals surface area contributed by atoms with Gasteiger partial charge in [-0.15, -0.1) is 15.3 Å². The van der Waals surface area contributed by atoms with Crippen LogP contribution < -0.4 is 18.9 Å². The molecule has 0 N–H and O–H groups in total. The first-order valence-corrected chi connectivity index (χ1v) is 28.3. The number of esters is 2. The van der Waals surface area contributed by atoms with E-state index in [1.54, 1.807) is 47.0 Å². The first-order valence-electron chi connectivity index (χ1n) is 27.5. The maximum atomic E-state index is 12.1. The van der Waals surface area contributed by atoms with E-state index in [0.717, 1.165) is 56.1 Å². The molecule has 2 aliphatic heterocycles. The molecule has 8 aromatic rings. The predicted molar refractivity (Wildman–Crippen MR) is 316 cm³/mol. The minimum absolute atomic E-state index is 0.0129. The highest BCUT2D eigenvalue weighted by Crippen LogP contribution is 2.49. The van der Waals surface area contributed by atoms with Crippen molar-refractivity contribution in [2.75, 3.05) is 41.7 Å². The summed E-state index contributed by atoms with van der Waals surface area (Å²) in [5.74, 6) is 2.36. The van der Waals surface area contributed by atoms with Gasteiger partial charge in [-0.25, -0.2) is 4.68 Å². The summed E-state index contributed by atoms with van der Waals surface area (Å²) in [6, 6.07) is 27.4. The number of carbonyl (C=O) groups is 2. The lowest BCUT2D eigenvalue weighted by Crippen LogP contribution is -2.17. The van der Waals surface area contributed by atoms with Crippen molar-refractivity contribution >= 4 is 47.3 Å². The lowest BCUT2D eigenvalue weighted by Gasteiger charge is -2.25. The molecule has 4 aromatic heterocycles. The van der Waals surface area contributed by atoms with Crippen LogP contribution in [0.15, 0.2) is 108 Å². The van der Waals surface area contributed by atoms with Gasteiger partial charge in [0.15, 0.2) is 34.6 Å². The van der Waals surface area contributed by atoms with Gasteiger partial charge in [-0.1, -0.05) is 70.8 Å². The molecular weight excluding hydrogens is 1120 g/mol. The van der Waals surface area contributed by atoms with Gasteiger partial charge in [-0.3, -0.25) is 9.59 Å². The topological polar surface area (TPSA) is 205 Å². The third-order valence-corrected chi connectivity index (χ3v) is 14.4. The minimum Gasteiger partial charge on any atom is -0.493 e. The zero-order chi connectivity index (χ0) is 59.6. The first kappa shape index (κ1) is 60.3. The number of ether oxygens (including phenoxy) is 8. The summed E-state index contributed by atoms with van der Waals surface area (Å²) in [6.07, 6.45) is 7.66. The lowest BCUT2D eigenvalue weighted by atomic mass is 9.98. The molecule has 0 aliphatic carbocycles. The van der Waals surface area contributed by atoms with E-state index in [2.05, 4.69) is 104 Å². The van der Waals surface area contributed by atoms with Crippen molar-refractivity contribution in [3.63, 3.8) is 0 Å². The Morgan fingerprint density at radius 1 is 0.595 bits per heavy atom. The molecule has 0 radical (unpaired) electrons. The van der Waals surface area contributed by atoms with Gasteiger partial charge in [0.05, 0.1) is 71.0 Å². The zero-order valence-corrected chi connectivity index (χ0v) is 50.2. The van der Waals surface area contributed by atoms with E-state index < -0.39 is 18.3 Å². The number of hydrogen-bond acceptors (Lipinski definition) is 16. The maximum absolute atomic E-state index is 12.1. The fraction of sp³-hybridized carbons (Fsp3) is 0.355. The van der Waals surface area contributed by atoms with Gasteiger partial charge in [0, 0.05) is 57.7 Å². The third-order valence-electron chi connectivity index (χ3n) is 13.9. The third kappa shape index (κ3) is 13.7.